The number of rotatable bonds is 5. The molecule has 1 amide bonds. The third kappa shape index (κ3) is 3.64. The van der Waals surface area contributed by atoms with Gasteiger partial charge in [0, 0.05) is 31.0 Å². The maximum absolute atomic E-state index is 12.8. The fourth-order valence-corrected chi connectivity index (χ4v) is 3.46. The molecular weight excluding hydrogens is 332 g/mol. The molecule has 25 heavy (non-hydrogen) atoms. The summed E-state index contributed by atoms with van der Waals surface area (Å²) < 4.78 is 1.84. The van der Waals surface area contributed by atoms with E-state index in [1.54, 1.807) is 29.5 Å². The van der Waals surface area contributed by atoms with Gasteiger partial charge >= 0.3 is 0 Å². The number of imidazole rings is 1. The number of aromatic nitrogens is 3. The summed E-state index contributed by atoms with van der Waals surface area (Å²) in [5, 5.41) is 3.13. The Morgan fingerprint density at radius 1 is 1.28 bits per heavy atom. The average molecular weight is 354 g/mol. The lowest BCUT2D eigenvalue weighted by atomic mass is 10.2. The van der Waals surface area contributed by atoms with Crippen LogP contribution in [-0.4, -0.2) is 32.4 Å². The van der Waals surface area contributed by atoms with Gasteiger partial charge in [0.2, 0.25) is 0 Å². The van der Waals surface area contributed by atoms with Crippen molar-refractivity contribution >= 4 is 17.2 Å². The number of carbonyl (C=O) groups excluding carboxylic acids is 1. The van der Waals surface area contributed by atoms with Crippen molar-refractivity contribution in [1.29, 1.82) is 0 Å². The predicted octanol–water partition coefficient (Wildman–Crippen LogP) is 3.94. The molecule has 0 aliphatic carbocycles. The molecule has 0 spiro atoms. The summed E-state index contributed by atoms with van der Waals surface area (Å²) in [5.41, 5.74) is 2.49. The van der Waals surface area contributed by atoms with Gasteiger partial charge in [-0.3, -0.25) is 4.79 Å². The van der Waals surface area contributed by atoms with Gasteiger partial charge in [0.05, 0.1) is 23.4 Å². The molecule has 0 aliphatic heterocycles. The first kappa shape index (κ1) is 17.4. The summed E-state index contributed by atoms with van der Waals surface area (Å²) in [7, 11) is 3.67. The standard InChI is InChI=1S/C19H22N4OS/c1-13(2)18-21-15(12-25-18)11-22(3)19(24)16-10-20-17(23(16)4)14-8-6-5-7-9-14/h5-10,12-13H,11H2,1-4H3. The van der Waals surface area contributed by atoms with E-state index in [9.17, 15) is 4.79 Å². The smallest absolute Gasteiger partial charge is 0.272 e. The second kappa shape index (κ2) is 7.19. The van der Waals surface area contributed by atoms with Crippen molar-refractivity contribution < 1.29 is 4.79 Å². The SMILES string of the molecule is CC(C)c1nc(CN(C)C(=O)c2cnc(-c3ccccc3)n2C)cs1. The first-order valence-corrected chi connectivity index (χ1v) is 9.12. The van der Waals surface area contributed by atoms with Gasteiger partial charge in [-0.05, 0) is 0 Å². The number of carbonyl (C=O) groups is 1. The maximum atomic E-state index is 12.8. The van der Waals surface area contributed by atoms with Crippen LogP contribution in [0, 0.1) is 0 Å². The van der Waals surface area contributed by atoms with Crippen LogP contribution in [0.25, 0.3) is 11.4 Å². The Labute approximate surface area is 152 Å². The molecule has 0 unspecified atom stereocenters. The second-order valence-electron chi connectivity index (χ2n) is 6.39. The van der Waals surface area contributed by atoms with Gasteiger partial charge in [0.15, 0.2) is 0 Å². The number of nitrogens with zero attached hydrogens (tertiary/aromatic N) is 4. The van der Waals surface area contributed by atoms with Crippen LogP contribution in [0.15, 0.2) is 41.9 Å². The molecule has 0 radical (unpaired) electrons. The van der Waals surface area contributed by atoms with Gasteiger partial charge in [0.1, 0.15) is 11.5 Å². The second-order valence-corrected chi connectivity index (χ2v) is 7.27. The summed E-state index contributed by atoms with van der Waals surface area (Å²) in [6.45, 7) is 4.74. The molecular formula is C19H22N4OS. The molecule has 0 atom stereocenters. The highest BCUT2D eigenvalue weighted by molar-refractivity contribution is 7.09. The van der Waals surface area contributed by atoms with Crippen molar-refractivity contribution in [3.05, 3.63) is 58.3 Å². The minimum atomic E-state index is -0.0590. The molecule has 2 heterocycles. The van der Waals surface area contributed by atoms with Crippen LogP contribution in [-0.2, 0) is 13.6 Å². The normalized spacial score (nSPS) is 11.1. The van der Waals surface area contributed by atoms with Gasteiger partial charge in [-0.25, -0.2) is 9.97 Å². The summed E-state index contributed by atoms with van der Waals surface area (Å²) >= 11 is 1.65. The molecule has 0 saturated carbocycles. The van der Waals surface area contributed by atoms with Crippen molar-refractivity contribution in [2.24, 2.45) is 7.05 Å². The Hall–Kier alpha value is -2.47. The van der Waals surface area contributed by atoms with Crippen LogP contribution < -0.4 is 0 Å². The lowest BCUT2D eigenvalue weighted by molar-refractivity contribution is 0.0774. The number of hydrogen-bond acceptors (Lipinski definition) is 4. The van der Waals surface area contributed by atoms with Gasteiger partial charge in [-0.1, -0.05) is 44.2 Å². The van der Waals surface area contributed by atoms with Crippen LogP contribution in [0.1, 0.15) is 41.0 Å². The fourth-order valence-electron chi connectivity index (χ4n) is 2.63. The third-order valence-electron chi connectivity index (χ3n) is 4.05. The van der Waals surface area contributed by atoms with E-state index in [2.05, 4.69) is 23.8 Å². The number of benzene rings is 1. The van der Waals surface area contributed by atoms with Crippen molar-refractivity contribution in [3.63, 3.8) is 0 Å². The van der Waals surface area contributed by atoms with Crippen molar-refractivity contribution in [2.45, 2.75) is 26.3 Å². The highest BCUT2D eigenvalue weighted by Crippen LogP contribution is 2.21. The molecule has 0 fully saturated rings. The Balaban J connectivity index is 1.77. The molecule has 130 valence electrons. The summed E-state index contributed by atoms with van der Waals surface area (Å²) in [4.78, 5) is 23.5. The first-order chi connectivity index (χ1) is 12.0. The molecule has 2 aromatic heterocycles. The Morgan fingerprint density at radius 3 is 2.64 bits per heavy atom. The van der Waals surface area contributed by atoms with E-state index in [1.807, 2.05) is 47.3 Å². The lowest BCUT2D eigenvalue weighted by Gasteiger charge is -2.16. The topological polar surface area (TPSA) is 51.0 Å². The Morgan fingerprint density at radius 2 is 2.00 bits per heavy atom. The summed E-state index contributed by atoms with van der Waals surface area (Å²) in [6.07, 6.45) is 1.64. The Kier molecular flexibility index (Phi) is 4.99. The number of hydrogen-bond donors (Lipinski definition) is 0. The van der Waals surface area contributed by atoms with Crippen LogP contribution >= 0.6 is 11.3 Å². The van der Waals surface area contributed by atoms with Crippen LogP contribution in [0.4, 0.5) is 0 Å². The number of thiazole rings is 1. The van der Waals surface area contributed by atoms with Crippen molar-refractivity contribution in [3.8, 4) is 11.4 Å². The van der Waals surface area contributed by atoms with Crippen LogP contribution in [0.3, 0.4) is 0 Å². The van der Waals surface area contributed by atoms with Gasteiger partial charge in [-0.2, -0.15) is 0 Å². The van der Waals surface area contributed by atoms with Crippen LogP contribution in [0.2, 0.25) is 0 Å². The van der Waals surface area contributed by atoms with E-state index in [4.69, 9.17) is 0 Å². The van der Waals surface area contributed by atoms with Gasteiger partial charge < -0.3 is 9.47 Å². The highest BCUT2D eigenvalue weighted by atomic mass is 32.1. The van der Waals surface area contributed by atoms with E-state index in [0.29, 0.717) is 18.2 Å². The molecule has 5 nitrogen and oxygen atoms in total. The van der Waals surface area contributed by atoms with E-state index < -0.39 is 0 Å². The lowest BCUT2D eigenvalue weighted by Crippen LogP contribution is -2.28. The minimum absolute atomic E-state index is 0.0590. The Bertz CT molecular complexity index is 867. The fraction of sp³-hybridized carbons (Fsp3) is 0.316. The minimum Gasteiger partial charge on any atom is -0.334 e. The quantitative estimate of drug-likeness (QED) is 0.697. The zero-order valence-electron chi connectivity index (χ0n) is 14.9. The molecule has 0 N–H and O–H groups in total. The third-order valence-corrected chi connectivity index (χ3v) is 5.24. The summed E-state index contributed by atoms with van der Waals surface area (Å²) in [6, 6.07) is 9.87. The predicted molar refractivity (Wildman–Crippen MR) is 101 cm³/mol. The van der Waals surface area contributed by atoms with Gasteiger partial charge in [-0.15, -0.1) is 11.3 Å². The molecule has 0 saturated heterocycles. The average Bonchev–Trinajstić information content (AvgIpc) is 3.22. The van der Waals surface area contributed by atoms with Crippen molar-refractivity contribution in [1.82, 2.24) is 19.4 Å². The first-order valence-electron chi connectivity index (χ1n) is 8.24. The monoisotopic (exact) mass is 354 g/mol. The molecule has 0 bridgehead atoms. The number of amides is 1. The van der Waals surface area contributed by atoms with Crippen molar-refractivity contribution in [2.75, 3.05) is 7.05 Å². The van der Waals surface area contributed by atoms with E-state index in [-0.39, 0.29) is 5.91 Å². The zero-order chi connectivity index (χ0) is 18.0. The maximum Gasteiger partial charge on any atom is 0.272 e. The highest BCUT2D eigenvalue weighted by Gasteiger charge is 2.19. The van der Waals surface area contributed by atoms with E-state index >= 15 is 0 Å². The molecule has 3 rings (SSSR count). The summed E-state index contributed by atoms with van der Waals surface area (Å²) in [5.74, 6) is 1.13. The largest absolute Gasteiger partial charge is 0.334 e. The van der Waals surface area contributed by atoms with Crippen LogP contribution in [0.5, 0.6) is 0 Å². The molecule has 3 aromatic rings. The molecule has 6 heteroatoms. The molecule has 0 aliphatic rings. The van der Waals surface area contributed by atoms with Gasteiger partial charge in [0.25, 0.3) is 5.91 Å². The zero-order valence-corrected chi connectivity index (χ0v) is 15.7. The molecule has 1 aromatic carbocycles. The van der Waals surface area contributed by atoms with E-state index in [0.717, 1.165) is 22.1 Å². The van der Waals surface area contributed by atoms with E-state index in [1.165, 1.54) is 0 Å².